The molecule has 2 rings (SSSR count). The standard InChI is InChI=1S/C14H18N4OS2/c1-3-11(20-14-18-17-13(15)21-14)12(19)16-9(2)10-7-5-4-6-8-10/h4-9,11H,3H2,1-2H3,(H2,15,17)(H,16,19)/t9-,11+/m0/s1. The molecule has 5 nitrogen and oxygen atoms in total. The van der Waals surface area contributed by atoms with Crippen LogP contribution in [0.4, 0.5) is 5.13 Å². The Morgan fingerprint density at radius 3 is 2.67 bits per heavy atom. The molecule has 0 aliphatic rings. The van der Waals surface area contributed by atoms with Gasteiger partial charge in [0.1, 0.15) is 0 Å². The Labute approximate surface area is 132 Å². The second-order valence-electron chi connectivity index (χ2n) is 4.56. The van der Waals surface area contributed by atoms with Crippen molar-refractivity contribution >= 4 is 34.1 Å². The van der Waals surface area contributed by atoms with Gasteiger partial charge in [-0.05, 0) is 18.9 Å². The summed E-state index contributed by atoms with van der Waals surface area (Å²) in [6, 6.07) is 9.88. The van der Waals surface area contributed by atoms with E-state index in [2.05, 4.69) is 15.5 Å². The molecule has 3 N–H and O–H groups in total. The molecule has 0 fully saturated rings. The fraction of sp³-hybridized carbons (Fsp3) is 0.357. The average Bonchev–Trinajstić information content (AvgIpc) is 2.90. The largest absolute Gasteiger partial charge is 0.374 e. The topological polar surface area (TPSA) is 80.9 Å². The molecule has 0 aliphatic carbocycles. The molecular formula is C14H18N4OS2. The number of anilines is 1. The summed E-state index contributed by atoms with van der Waals surface area (Å²) in [6.45, 7) is 3.96. The number of hydrogen-bond donors (Lipinski definition) is 2. The number of nitrogen functional groups attached to an aromatic ring is 1. The number of rotatable bonds is 6. The van der Waals surface area contributed by atoms with Crippen LogP contribution in [0.1, 0.15) is 31.9 Å². The van der Waals surface area contributed by atoms with Crippen molar-refractivity contribution in [3.63, 3.8) is 0 Å². The number of aromatic nitrogens is 2. The highest BCUT2D eigenvalue weighted by atomic mass is 32.2. The van der Waals surface area contributed by atoms with Gasteiger partial charge < -0.3 is 11.1 Å². The molecule has 0 spiro atoms. The van der Waals surface area contributed by atoms with Gasteiger partial charge in [-0.15, -0.1) is 10.2 Å². The van der Waals surface area contributed by atoms with E-state index in [1.54, 1.807) is 0 Å². The molecule has 7 heteroatoms. The Kier molecular flexibility index (Phi) is 5.58. The van der Waals surface area contributed by atoms with Crippen LogP contribution in [0.25, 0.3) is 0 Å². The number of thioether (sulfide) groups is 1. The second kappa shape index (κ2) is 7.42. The molecule has 0 aliphatic heterocycles. The summed E-state index contributed by atoms with van der Waals surface area (Å²) < 4.78 is 0.724. The highest BCUT2D eigenvalue weighted by molar-refractivity contribution is 8.02. The monoisotopic (exact) mass is 322 g/mol. The summed E-state index contributed by atoms with van der Waals surface area (Å²) in [4.78, 5) is 12.4. The number of nitrogens with one attached hydrogen (secondary N) is 1. The normalized spacial score (nSPS) is 13.6. The Balaban J connectivity index is 1.97. The van der Waals surface area contributed by atoms with Crippen molar-refractivity contribution in [3.8, 4) is 0 Å². The van der Waals surface area contributed by atoms with Crippen molar-refractivity contribution < 1.29 is 4.79 Å². The Bertz CT molecular complexity index is 588. The molecule has 1 aromatic heterocycles. The number of benzene rings is 1. The zero-order valence-electron chi connectivity index (χ0n) is 11.9. The van der Waals surface area contributed by atoms with Crippen molar-refractivity contribution in [2.24, 2.45) is 0 Å². The quantitative estimate of drug-likeness (QED) is 0.799. The van der Waals surface area contributed by atoms with Crippen molar-refractivity contribution in [2.45, 2.75) is 35.9 Å². The molecule has 0 saturated carbocycles. The van der Waals surface area contributed by atoms with E-state index < -0.39 is 0 Å². The van der Waals surface area contributed by atoms with Gasteiger partial charge in [-0.1, -0.05) is 60.4 Å². The third-order valence-electron chi connectivity index (χ3n) is 2.99. The molecule has 1 amide bonds. The van der Waals surface area contributed by atoms with Crippen LogP contribution in [0.3, 0.4) is 0 Å². The Morgan fingerprint density at radius 1 is 1.38 bits per heavy atom. The average molecular weight is 322 g/mol. The first-order valence-electron chi connectivity index (χ1n) is 6.71. The van der Waals surface area contributed by atoms with Crippen molar-refractivity contribution in [1.82, 2.24) is 15.5 Å². The van der Waals surface area contributed by atoms with Gasteiger partial charge in [0.25, 0.3) is 0 Å². The van der Waals surface area contributed by atoms with E-state index in [0.29, 0.717) is 5.13 Å². The maximum absolute atomic E-state index is 12.4. The first-order valence-corrected chi connectivity index (χ1v) is 8.40. The minimum Gasteiger partial charge on any atom is -0.374 e. The fourth-order valence-corrected chi connectivity index (χ4v) is 3.66. The van der Waals surface area contributed by atoms with Gasteiger partial charge >= 0.3 is 0 Å². The summed E-state index contributed by atoms with van der Waals surface area (Å²) in [5.74, 6) is 0.00706. The first kappa shape index (κ1) is 15.8. The molecule has 1 heterocycles. The molecule has 0 radical (unpaired) electrons. The van der Waals surface area contributed by atoms with Gasteiger partial charge in [0, 0.05) is 0 Å². The van der Waals surface area contributed by atoms with Crippen molar-refractivity contribution in [2.75, 3.05) is 5.73 Å². The zero-order chi connectivity index (χ0) is 15.2. The third-order valence-corrected chi connectivity index (χ3v) is 5.19. The molecule has 0 saturated heterocycles. The number of nitrogens with two attached hydrogens (primary N) is 1. The summed E-state index contributed by atoms with van der Waals surface area (Å²) in [5.41, 5.74) is 6.65. The van der Waals surface area contributed by atoms with E-state index in [1.807, 2.05) is 44.2 Å². The van der Waals surface area contributed by atoms with E-state index in [-0.39, 0.29) is 17.2 Å². The van der Waals surface area contributed by atoms with Gasteiger partial charge in [-0.2, -0.15) is 0 Å². The Hall–Kier alpha value is -1.60. The van der Waals surface area contributed by atoms with E-state index >= 15 is 0 Å². The van der Waals surface area contributed by atoms with E-state index in [1.165, 1.54) is 23.1 Å². The number of carbonyl (C=O) groups is 1. The second-order valence-corrected chi connectivity index (χ2v) is 7.02. The van der Waals surface area contributed by atoms with Gasteiger partial charge in [0.15, 0.2) is 4.34 Å². The van der Waals surface area contributed by atoms with E-state index in [4.69, 9.17) is 5.73 Å². The van der Waals surface area contributed by atoms with Crippen LogP contribution in [-0.2, 0) is 4.79 Å². The molecule has 0 bridgehead atoms. The summed E-state index contributed by atoms with van der Waals surface area (Å²) in [7, 11) is 0. The van der Waals surface area contributed by atoms with Crippen molar-refractivity contribution in [1.29, 1.82) is 0 Å². The lowest BCUT2D eigenvalue weighted by molar-refractivity contribution is -0.121. The predicted octanol–water partition coefficient (Wildman–Crippen LogP) is 2.87. The molecule has 2 atom stereocenters. The van der Waals surface area contributed by atoms with Crippen LogP contribution in [0.2, 0.25) is 0 Å². The van der Waals surface area contributed by atoms with E-state index in [0.717, 1.165) is 16.3 Å². The molecule has 112 valence electrons. The van der Waals surface area contributed by atoms with Gasteiger partial charge in [0.05, 0.1) is 11.3 Å². The maximum Gasteiger partial charge on any atom is 0.234 e. The molecular weight excluding hydrogens is 304 g/mol. The number of amides is 1. The van der Waals surface area contributed by atoms with Gasteiger partial charge in [-0.25, -0.2) is 0 Å². The third kappa shape index (κ3) is 4.44. The van der Waals surface area contributed by atoms with Crippen molar-refractivity contribution in [3.05, 3.63) is 35.9 Å². The predicted molar refractivity (Wildman–Crippen MR) is 87.3 cm³/mol. The van der Waals surface area contributed by atoms with Gasteiger partial charge in [-0.3, -0.25) is 4.79 Å². The number of hydrogen-bond acceptors (Lipinski definition) is 6. The molecule has 1 aromatic carbocycles. The lowest BCUT2D eigenvalue weighted by Gasteiger charge is -2.18. The fourth-order valence-electron chi connectivity index (χ4n) is 1.84. The molecule has 21 heavy (non-hydrogen) atoms. The SMILES string of the molecule is CC[C@@H](Sc1nnc(N)s1)C(=O)N[C@@H](C)c1ccccc1. The zero-order valence-corrected chi connectivity index (χ0v) is 13.6. The lowest BCUT2D eigenvalue weighted by atomic mass is 10.1. The van der Waals surface area contributed by atoms with Crippen LogP contribution in [0, 0.1) is 0 Å². The number of carbonyl (C=O) groups excluding carboxylic acids is 1. The van der Waals surface area contributed by atoms with Gasteiger partial charge in [0.2, 0.25) is 11.0 Å². The van der Waals surface area contributed by atoms with Crippen LogP contribution in [0.15, 0.2) is 34.7 Å². The van der Waals surface area contributed by atoms with Crippen LogP contribution in [0.5, 0.6) is 0 Å². The smallest absolute Gasteiger partial charge is 0.234 e. The summed E-state index contributed by atoms with van der Waals surface area (Å²) >= 11 is 2.71. The van der Waals surface area contributed by atoms with E-state index in [9.17, 15) is 4.79 Å². The minimum atomic E-state index is -0.191. The highest BCUT2D eigenvalue weighted by Crippen LogP contribution is 2.29. The summed E-state index contributed by atoms with van der Waals surface area (Å²) in [5, 5.41) is 11.0. The van der Waals surface area contributed by atoms with Crippen LogP contribution >= 0.6 is 23.1 Å². The van der Waals surface area contributed by atoms with Crippen LogP contribution < -0.4 is 11.1 Å². The first-order chi connectivity index (χ1) is 10.1. The molecule has 2 aromatic rings. The van der Waals surface area contributed by atoms with Crippen LogP contribution in [-0.4, -0.2) is 21.4 Å². The maximum atomic E-state index is 12.4. The lowest BCUT2D eigenvalue weighted by Crippen LogP contribution is -2.34. The molecule has 0 unspecified atom stereocenters. The Morgan fingerprint density at radius 2 is 2.10 bits per heavy atom. The highest BCUT2D eigenvalue weighted by Gasteiger charge is 2.21. The number of nitrogens with zero attached hydrogens (tertiary/aromatic N) is 2. The summed E-state index contributed by atoms with van der Waals surface area (Å²) in [6.07, 6.45) is 0.720. The minimum absolute atomic E-state index is 0.00706.